The maximum atomic E-state index is 12.9. The second-order valence-electron chi connectivity index (χ2n) is 4.26. The molecule has 0 unspecified atom stereocenters. The second kappa shape index (κ2) is 8.09. The Hall–Kier alpha value is -1.17. The van der Waals surface area contributed by atoms with Gasteiger partial charge in [0.05, 0.1) is 12.5 Å². The van der Waals surface area contributed by atoms with Crippen molar-refractivity contribution < 1.29 is 18.8 Å². The lowest BCUT2D eigenvalue weighted by Crippen LogP contribution is -2.29. The van der Waals surface area contributed by atoms with E-state index < -0.39 is 0 Å². The zero-order chi connectivity index (χ0) is 12.8. The number of nitrogens with one attached hydrogen (secondary N) is 1. The van der Waals surface area contributed by atoms with E-state index in [0.29, 0.717) is 32.6 Å². The lowest BCUT2D eigenvalue weighted by molar-refractivity contribution is -0.159. The van der Waals surface area contributed by atoms with E-state index in [1.165, 1.54) is 12.1 Å². The number of hydroxylamine groups is 1. The highest BCUT2D eigenvalue weighted by Gasteiger charge is 2.23. The molecule has 1 aromatic rings. The molecule has 106 valence electrons. The van der Waals surface area contributed by atoms with Crippen LogP contribution in [-0.2, 0) is 20.9 Å². The van der Waals surface area contributed by atoms with Crippen LogP contribution in [0.5, 0.6) is 0 Å². The molecule has 2 rings (SSSR count). The SMILES string of the molecule is Cl.O=C(ONCc1cccc(F)c1)C1CCOCC1. The van der Waals surface area contributed by atoms with E-state index in [2.05, 4.69) is 5.48 Å². The molecule has 4 nitrogen and oxygen atoms in total. The highest BCUT2D eigenvalue weighted by molar-refractivity contribution is 5.85. The molecule has 0 saturated carbocycles. The number of halogens is 2. The first kappa shape index (κ1) is 15.9. The Balaban J connectivity index is 0.00000180. The van der Waals surface area contributed by atoms with Gasteiger partial charge < -0.3 is 9.57 Å². The van der Waals surface area contributed by atoms with Crippen molar-refractivity contribution in [2.45, 2.75) is 19.4 Å². The molecule has 1 aliphatic rings. The van der Waals surface area contributed by atoms with Crippen LogP contribution in [0.3, 0.4) is 0 Å². The van der Waals surface area contributed by atoms with Crippen LogP contribution in [-0.4, -0.2) is 19.2 Å². The molecule has 0 aromatic heterocycles. The van der Waals surface area contributed by atoms with Gasteiger partial charge in [0, 0.05) is 13.2 Å². The Labute approximate surface area is 117 Å². The summed E-state index contributed by atoms with van der Waals surface area (Å²) >= 11 is 0. The Morgan fingerprint density at radius 2 is 2.16 bits per heavy atom. The molecular weight excluding hydrogens is 273 g/mol. The number of ether oxygens (including phenoxy) is 1. The summed E-state index contributed by atoms with van der Waals surface area (Å²) < 4.78 is 18.1. The maximum absolute atomic E-state index is 12.9. The van der Waals surface area contributed by atoms with Gasteiger partial charge in [-0.2, -0.15) is 0 Å². The van der Waals surface area contributed by atoms with Crippen molar-refractivity contribution in [3.8, 4) is 0 Å². The standard InChI is InChI=1S/C13H16FNO3.ClH/c14-12-3-1-2-10(8-12)9-15-18-13(16)11-4-6-17-7-5-11;/h1-3,8,11,15H,4-7,9H2;1H. The fourth-order valence-electron chi connectivity index (χ4n) is 1.85. The molecule has 1 aliphatic heterocycles. The first-order valence-electron chi connectivity index (χ1n) is 6.01. The van der Waals surface area contributed by atoms with Crippen LogP contribution in [0, 0.1) is 11.7 Å². The quantitative estimate of drug-likeness (QED) is 0.864. The lowest BCUT2D eigenvalue weighted by Gasteiger charge is -2.20. The van der Waals surface area contributed by atoms with Gasteiger partial charge in [-0.1, -0.05) is 12.1 Å². The summed E-state index contributed by atoms with van der Waals surface area (Å²) in [6.45, 7) is 1.50. The van der Waals surface area contributed by atoms with E-state index in [1.54, 1.807) is 12.1 Å². The maximum Gasteiger partial charge on any atom is 0.327 e. The molecule has 0 atom stereocenters. The van der Waals surface area contributed by atoms with Crippen LogP contribution < -0.4 is 5.48 Å². The van der Waals surface area contributed by atoms with Crippen molar-refractivity contribution in [2.75, 3.05) is 13.2 Å². The number of hydrogen-bond donors (Lipinski definition) is 1. The molecule has 1 fully saturated rings. The third-order valence-corrected chi connectivity index (χ3v) is 2.89. The zero-order valence-corrected chi connectivity index (χ0v) is 11.2. The van der Waals surface area contributed by atoms with Gasteiger partial charge in [-0.05, 0) is 30.5 Å². The molecule has 0 spiro atoms. The number of benzene rings is 1. The molecule has 0 radical (unpaired) electrons. The fraction of sp³-hybridized carbons (Fsp3) is 0.462. The van der Waals surface area contributed by atoms with E-state index >= 15 is 0 Å². The molecule has 0 bridgehead atoms. The Bertz CT molecular complexity index is 411. The number of rotatable bonds is 4. The molecule has 1 heterocycles. The van der Waals surface area contributed by atoms with Crippen LogP contribution in [0.4, 0.5) is 4.39 Å². The average molecular weight is 290 g/mol. The average Bonchev–Trinajstić information content (AvgIpc) is 2.40. The highest BCUT2D eigenvalue weighted by Crippen LogP contribution is 2.15. The summed E-state index contributed by atoms with van der Waals surface area (Å²) in [6.07, 6.45) is 1.39. The van der Waals surface area contributed by atoms with Crippen LogP contribution in [0.15, 0.2) is 24.3 Å². The van der Waals surface area contributed by atoms with Crippen molar-refractivity contribution in [2.24, 2.45) is 5.92 Å². The van der Waals surface area contributed by atoms with Crippen molar-refractivity contribution >= 4 is 18.4 Å². The lowest BCUT2D eigenvalue weighted by atomic mass is 10.0. The molecular formula is C13H17ClFNO3. The van der Waals surface area contributed by atoms with Crippen molar-refractivity contribution in [3.63, 3.8) is 0 Å². The topological polar surface area (TPSA) is 47.6 Å². The summed E-state index contributed by atoms with van der Waals surface area (Å²) in [5.41, 5.74) is 3.30. The minimum Gasteiger partial charge on any atom is -0.381 e. The molecule has 1 aromatic carbocycles. The Morgan fingerprint density at radius 1 is 1.42 bits per heavy atom. The van der Waals surface area contributed by atoms with Crippen molar-refractivity contribution in [1.29, 1.82) is 0 Å². The molecule has 0 aliphatic carbocycles. The van der Waals surface area contributed by atoms with E-state index in [9.17, 15) is 9.18 Å². The number of carbonyl (C=O) groups is 1. The van der Waals surface area contributed by atoms with E-state index in [0.717, 1.165) is 5.56 Å². The van der Waals surface area contributed by atoms with Gasteiger partial charge in [0.1, 0.15) is 5.82 Å². The van der Waals surface area contributed by atoms with Crippen molar-refractivity contribution in [3.05, 3.63) is 35.6 Å². The summed E-state index contributed by atoms with van der Waals surface area (Å²) in [4.78, 5) is 16.6. The monoisotopic (exact) mass is 289 g/mol. The summed E-state index contributed by atoms with van der Waals surface area (Å²) in [6, 6.07) is 6.15. The smallest absolute Gasteiger partial charge is 0.327 e. The summed E-state index contributed by atoms with van der Waals surface area (Å²) in [5.74, 6) is -0.668. The zero-order valence-electron chi connectivity index (χ0n) is 10.4. The van der Waals surface area contributed by atoms with E-state index in [1.807, 2.05) is 0 Å². The minimum absolute atomic E-state index is 0. The first-order valence-corrected chi connectivity index (χ1v) is 6.01. The minimum atomic E-state index is -0.301. The molecule has 0 amide bonds. The highest BCUT2D eigenvalue weighted by atomic mass is 35.5. The largest absolute Gasteiger partial charge is 0.381 e. The number of hydrogen-bond acceptors (Lipinski definition) is 4. The summed E-state index contributed by atoms with van der Waals surface area (Å²) in [7, 11) is 0. The fourth-order valence-corrected chi connectivity index (χ4v) is 1.85. The van der Waals surface area contributed by atoms with Gasteiger partial charge >= 0.3 is 5.97 Å². The second-order valence-corrected chi connectivity index (χ2v) is 4.26. The van der Waals surface area contributed by atoms with Gasteiger partial charge in [0.2, 0.25) is 0 Å². The van der Waals surface area contributed by atoms with Gasteiger partial charge in [-0.15, -0.1) is 17.9 Å². The van der Waals surface area contributed by atoms with Gasteiger partial charge in [-0.3, -0.25) is 4.79 Å². The molecule has 19 heavy (non-hydrogen) atoms. The van der Waals surface area contributed by atoms with Crippen LogP contribution in [0.1, 0.15) is 18.4 Å². The Kier molecular flexibility index (Phi) is 6.77. The molecule has 6 heteroatoms. The predicted molar refractivity (Wildman–Crippen MR) is 70.1 cm³/mol. The third kappa shape index (κ3) is 5.14. The first-order chi connectivity index (χ1) is 8.75. The van der Waals surface area contributed by atoms with E-state index in [4.69, 9.17) is 9.57 Å². The Morgan fingerprint density at radius 3 is 2.84 bits per heavy atom. The van der Waals surface area contributed by atoms with Crippen LogP contribution in [0.2, 0.25) is 0 Å². The van der Waals surface area contributed by atoms with Gasteiger partial charge in [-0.25, -0.2) is 4.39 Å². The van der Waals surface area contributed by atoms with E-state index in [-0.39, 0.29) is 30.1 Å². The normalized spacial score (nSPS) is 15.6. The van der Waals surface area contributed by atoms with Crippen LogP contribution in [0.25, 0.3) is 0 Å². The van der Waals surface area contributed by atoms with Crippen molar-refractivity contribution in [1.82, 2.24) is 5.48 Å². The van der Waals surface area contributed by atoms with Gasteiger partial charge in [0.25, 0.3) is 0 Å². The third-order valence-electron chi connectivity index (χ3n) is 2.89. The summed E-state index contributed by atoms with van der Waals surface area (Å²) in [5, 5.41) is 0. The van der Waals surface area contributed by atoms with Crippen LogP contribution >= 0.6 is 12.4 Å². The van der Waals surface area contributed by atoms with Gasteiger partial charge in [0.15, 0.2) is 0 Å². The molecule has 1 N–H and O–H groups in total. The molecule has 1 saturated heterocycles. The predicted octanol–water partition coefficient (Wildman–Crippen LogP) is 2.22. The number of carbonyl (C=O) groups excluding carboxylic acids is 1.